The Labute approximate surface area is 148 Å². The van der Waals surface area contributed by atoms with Gasteiger partial charge in [-0.25, -0.2) is 4.98 Å². The first-order chi connectivity index (χ1) is 11.3. The van der Waals surface area contributed by atoms with Crippen molar-refractivity contribution in [2.45, 2.75) is 110 Å². The SMILES string of the molecule is CCCCCCCCCCCCCCCCCc1csc(N)n1. The number of nitrogens with two attached hydrogens (primary N) is 1. The summed E-state index contributed by atoms with van der Waals surface area (Å²) in [6.45, 7) is 2.29. The molecular weight excluding hydrogens is 300 g/mol. The van der Waals surface area contributed by atoms with Gasteiger partial charge in [-0.05, 0) is 12.8 Å². The second kappa shape index (κ2) is 15.0. The first-order valence-corrected chi connectivity index (χ1v) is 10.9. The van der Waals surface area contributed by atoms with Crippen LogP contribution >= 0.6 is 11.3 Å². The molecule has 1 aromatic heterocycles. The van der Waals surface area contributed by atoms with Gasteiger partial charge in [-0.3, -0.25) is 0 Å². The summed E-state index contributed by atoms with van der Waals surface area (Å²) in [6, 6.07) is 0. The number of aromatic nitrogens is 1. The molecule has 0 aliphatic heterocycles. The van der Waals surface area contributed by atoms with E-state index in [4.69, 9.17) is 5.73 Å². The van der Waals surface area contributed by atoms with Crippen LogP contribution in [0, 0.1) is 0 Å². The number of nitrogens with zero attached hydrogens (tertiary/aromatic N) is 1. The quantitative estimate of drug-likeness (QED) is 0.325. The van der Waals surface area contributed by atoms with E-state index in [1.165, 1.54) is 102 Å². The average Bonchev–Trinajstić information content (AvgIpc) is 2.96. The van der Waals surface area contributed by atoms with Gasteiger partial charge in [-0.1, -0.05) is 96.8 Å². The zero-order chi connectivity index (χ0) is 16.6. The number of anilines is 1. The molecule has 0 aliphatic carbocycles. The molecule has 0 unspecified atom stereocenters. The zero-order valence-corrected chi connectivity index (χ0v) is 16.1. The summed E-state index contributed by atoms with van der Waals surface area (Å²) in [6.07, 6.45) is 22.4. The molecule has 3 heteroatoms. The van der Waals surface area contributed by atoms with Gasteiger partial charge in [-0.2, -0.15) is 0 Å². The Bertz CT molecular complexity index is 362. The van der Waals surface area contributed by atoms with Crippen molar-refractivity contribution in [3.63, 3.8) is 0 Å². The van der Waals surface area contributed by atoms with Gasteiger partial charge in [0, 0.05) is 5.38 Å². The van der Waals surface area contributed by atoms with Crippen molar-refractivity contribution in [2.75, 3.05) is 5.73 Å². The summed E-state index contributed by atoms with van der Waals surface area (Å²) in [5.74, 6) is 0. The van der Waals surface area contributed by atoms with E-state index >= 15 is 0 Å². The standard InChI is InChI=1S/C20H38N2S/c1-2-3-4-5-6-7-8-9-10-11-12-13-14-15-16-17-19-18-23-20(21)22-19/h18H,2-17H2,1H3,(H2,21,22). The van der Waals surface area contributed by atoms with Crippen LogP contribution < -0.4 is 5.73 Å². The second-order valence-electron chi connectivity index (χ2n) is 6.88. The van der Waals surface area contributed by atoms with Crippen LogP contribution in [0.15, 0.2) is 5.38 Å². The normalized spacial score (nSPS) is 11.2. The predicted molar refractivity (Wildman–Crippen MR) is 105 cm³/mol. The van der Waals surface area contributed by atoms with Crippen LogP contribution in [0.3, 0.4) is 0 Å². The minimum absolute atomic E-state index is 0.709. The van der Waals surface area contributed by atoms with Crippen molar-refractivity contribution in [3.05, 3.63) is 11.1 Å². The molecule has 0 aromatic carbocycles. The summed E-state index contributed by atoms with van der Waals surface area (Å²) in [7, 11) is 0. The van der Waals surface area contributed by atoms with Gasteiger partial charge >= 0.3 is 0 Å². The van der Waals surface area contributed by atoms with Crippen molar-refractivity contribution in [1.82, 2.24) is 4.98 Å². The van der Waals surface area contributed by atoms with Crippen LogP contribution in [0.5, 0.6) is 0 Å². The third kappa shape index (κ3) is 12.5. The zero-order valence-electron chi connectivity index (χ0n) is 15.3. The van der Waals surface area contributed by atoms with Crippen molar-refractivity contribution in [3.8, 4) is 0 Å². The summed E-state index contributed by atoms with van der Waals surface area (Å²) in [5, 5.41) is 2.81. The van der Waals surface area contributed by atoms with E-state index in [2.05, 4.69) is 17.3 Å². The molecule has 0 saturated heterocycles. The smallest absolute Gasteiger partial charge is 0.180 e. The number of rotatable bonds is 16. The van der Waals surface area contributed by atoms with Gasteiger partial charge in [-0.15, -0.1) is 11.3 Å². The van der Waals surface area contributed by atoms with Crippen LogP contribution in [0.2, 0.25) is 0 Å². The lowest BCUT2D eigenvalue weighted by Crippen LogP contribution is -1.88. The van der Waals surface area contributed by atoms with E-state index in [0.29, 0.717) is 5.13 Å². The number of hydrogen-bond acceptors (Lipinski definition) is 3. The Morgan fingerprint density at radius 3 is 1.57 bits per heavy atom. The molecule has 1 aromatic rings. The van der Waals surface area contributed by atoms with Crippen LogP contribution in [0.25, 0.3) is 0 Å². The van der Waals surface area contributed by atoms with Crippen LogP contribution in [-0.4, -0.2) is 4.98 Å². The van der Waals surface area contributed by atoms with Crippen molar-refractivity contribution >= 4 is 16.5 Å². The van der Waals surface area contributed by atoms with Gasteiger partial charge in [0.25, 0.3) is 0 Å². The first kappa shape index (κ1) is 20.5. The molecule has 0 atom stereocenters. The molecule has 0 aliphatic rings. The number of thiazole rings is 1. The predicted octanol–water partition coefficient (Wildman–Crippen LogP) is 7.14. The highest BCUT2D eigenvalue weighted by Crippen LogP contribution is 2.16. The van der Waals surface area contributed by atoms with Gasteiger partial charge in [0.1, 0.15) is 0 Å². The summed E-state index contributed by atoms with van der Waals surface area (Å²) < 4.78 is 0. The lowest BCUT2D eigenvalue weighted by atomic mass is 10.0. The Hall–Kier alpha value is -0.570. The maximum absolute atomic E-state index is 5.64. The van der Waals surface area contributed by atoms with E-state index in [9.17, 15) is 0 Å². The molecule has 1 heterocycles. The van der Waals surface area contributed by atoms with Crippen LogP contribution in [-0.2, 0) is 6.42 Å². The third-order valence-electron chi connectivity index (χ3n) is 4.61. The van der Waals surface area contributed by atoms with Crippen LogP contribution in [0.1, 0.15) is 109 Å². The van der Waals surface area contributed by atoms with E-state index < -0.39 is 0 Å². The number of hydrogen-bond donors (Lipinski definition) is 1. The Morgan fingerprint density at radius 2 is 1.17 bits per heavy atom. The highest BCUT2D eigenvalue weighted by molar-refractivity contribution is 7.13. The molecule has 1 rings (SSSR count). The fourth-order valence-corrected chi connectivity index (χ4v) is 3.71. The molecule has 0 saturated carbocycles. The average molecular weight is 339 g/mol. The van der Waals surface area contributed by atoms with E-state index in [0.717, 1.165) is 6.42 Å². The van der Waals surface area contributed by atoms with Crippen molar-refractivity contribution in [2.24, 2.45) is 0 Å². The van der Waals surface area contributed by atoms with E-state index in [1.54, 1.807) is 11.3 Å². The third-order valence-corrected chi connectivity index (χ3v) is 5.33. The van der Waals surface area contributed by atoms with E-state index in [-0.39, 0.29) is 0 Å². The molecule has 2 nitrogen and oxygen atoms in total. The molecule has 23 heavy (non-hydrogen) atoms. The van der Waals surface area contributed by atoms with Crippen molar-refractivity contribution < 1.29 is 0 Å². The summed E-state index contributed by atoms with van der Waals surface area (Å²) in [5.41, 5.74) is 6.82. The summed E-state index contributed by atoms with van der Waals surface area (Å²) >= 11 is 1.56. The minimum atomic E-state index is 0.709. The van der Waals surface area contributed by atoms with Gasteiger partial charge < -0.3 is 5.73 Å². The number of aryl methyl sites for hydroxylation is 1. The minimum Gasteiger partial charge on any atom is -0.375 e. The molecule has 0 spiro atoms. The Morgan fingerprint density at radius 1 is 0.739 bits per heavy atom. The first-order valence-electron chi connectivity index (χ1n) is 10.0. The number of unbranched alkanes of at least 4 members (excludes halogenated alkanes) is 14. The largest absolute Gasteiger partial charge is 0.375 e. The van der Waals surface area contributed by atoms with E-state index in [1.807, 2.05) is 0 Å². The van der Waals surface area contributed by atoms with Gasteiger partial charge in [0.05, 0.1) is 5.69 Å². The molecule has 0 bridgehead atoms. The molecule has 0 fully saturated rings. The van der Waals surface area contributed by atoms with Gasteiger partial charge in [0.15, 0.2) is 5.13 Å². The Balaban J connectivity index is 1.71. The molecular formula is C20H38N2S. The van der Waals surface area contributed by atoms with Gasteiger partial charge in [0.2, 0.25) is 0 Å². The molecule has 0 radical (unpaired) electrons. The lowest BCUT2D eigenvalue weighted by Gasteiger charge is -2.03. The van der Waals surface area contributed by atoms with Crippen LogP contribution in [0.4, 0.5) is 5.13 Å². The molecule has 0 amide bonds. The maximum Gasteiger partial charge on any atom is 0.180 e. The lowest BCUT2D eigenvalue weighted by molar-refractivity contribution is 0.532. The summed E-state index contributed by atoms with van der Waals surface area (Å²) in [4.78, 5) is 4.31. The fourth-order valence-electron chi connectivity index (χ4n) is 3.11. The highest BCUT2D eigenvalue weighted by Gasteiger charge is 1.98. The second-order valence-corrected chi connectivity index (χ2v) is 7.77. The fraction of sp³-hybridized carbons (Fsp3) is 0.850. The van der Waals surface area contributed by atoms with Crippen molar-refractivity contribution in [1.29, 1.82) is 0 Å². The maximum atomic E-state index is 5.64. The molecule has 134 valence electrons. The highest BCUT2D eigenvalue weighted by atomic mass is 32.1. The monoisotopic (exact) mass is 338 g/mol. The molecule has 2 N–H and O–H groups in total. The topological polar surface area (TPSA) is 38.9 Å². The Kier molecular flexibility index (Phi) is 13.3. The number of nitrogen functional groups attached to an aromatic ring is 1.